The molecule has 4 heteroatoms. The molecule has 0 bridgehead atoms. The highest BCUT2D eigenvalue weighted by Gasteiger charge is 2.31. The molecule has 1 aliphatic carbocycles. The number of ether oxygens (including phenoxy) is 1. The Morgan fingerprint density at radius 3 is 2.94 bits per heavy atom. The number of hydrogen-bond donors (Lipinski definition) is 1. The van der Waals surface area contributed by atoms with Gasteiger partial charge < -0.3 is 14.7 Å². The molecule has 1 N–H and O–H groups in total. The number of allylic oxidation sites excluding steroid dienone is 3. The summed E-state index contributed by atoms with van der Waals surface area (Å²) in [6.45, 7) is 7.06. The summed E-state index contributed by atoms with van der Waals surface area (Å²) in [6, 6.07) is 0. The van der Waals surface area contributed by atoms with E-state index in [1.54, 1.807) is 25.8 Å². The van der Waals surface area contributed by atoms with Crippen molar-refractivity contribution in [1.29, 1.82) is 0 Å². The Bertz CT molecular complexity index is 424. The smallest absolute Gasteiger partial charge is 0.0999 e. The van der Waals surface area contributed by atoms with E-state index in [4.69, 9.17) is 4.74 Å². The van der Waals surface area contributed by atoms with E-state index in [1.165, 1.54) is 10.6 Å². The second-order valence-corrected chi connectivity index (χ2v) is 5.82. The Hall–Kier alpha value is -0.870. The zero-order chi connectivity index (χ0) is 13.3. The summed E-state index contributed by atoms with van der Waals surface area (Å²) in [5.74, 6) is 1.48. The summed E-state index contributed by atoms with van der Waals surface area (Å²) in [7, 11) is 1.73. The van der Waals surface area contributed by atoms with Crippen molar-refractivity contribution in [2.24, 2.45) is 5.92 Å². The largest absolute Gasteiger partial charge is 0.501 e. The zero-order valence-electron chi connectivity index (χ0n) is 11.4. The van der Waals surface area contributed by atoms with Crippen LogP contribution in [0, 0.1) is 5.92 Å². The molecule has 0 fully saturated rings. The third kappa shape index (κ3) is 2.45. The predicted octanol–water partition coefficient (Wildman–Crippen LogP) is 3.06. The van der Waals surface area contributed by atoms with Crippen LogP contribution in [0.1, 0.15) is 27.2 Å². The van der Waals surface area contributed by atoms with Crippen LogP contribution in [0.2, 0.25) is 0 Å². The van der Waals surface area contributed by atoms with Crippen LogP contribution < -0.4 is 0 Å². The fraction of sp³-hybridized carbons (Fsp3) is 0.571. The third-order valence-electron chi connectivity index (χ3n) is 3.29. The molecule has 0 saturated carbocycles. The van der Waals surface area contributed by atoms with E-state index < -0.39 is 6.10 Å². The second kappa shape index (κ2) is 5.41. The molecule has 2 atom stereocenters. The van der Waals surface area contributed by atoms with Gasteiger partial charge in [0.25, 0.3) is 0 Å². The van der Waals surface area contributed by atoms with E-state index in [0.717, 1.165) is 23.8 Å². The molecule has 0 aromatic rings. The average Bonchev–Trinajstić information content (AvgIpc) is 2.63. The van der Waals surface area contributed by atoms with Crippen LogP contribution in [-0.2, 0) is 4.74 Å². The predicted molar refractivity (Wildman–Crippen MR) is 75.6 cm³/mol. The van der Waals surface area contributed by atoms with Crippen molar-refractivity contribution in [3.8, 4) is 0 Å². The van der Waals surface area contributed by atoms with Gasteiger partial charge in [0.15, 0.2) is 0 Å². The summed E-state index contributed by atoms with van der Waals surface area (Å²) >= 11 is 1.73. The van der Waals surface area contributed by atoms with E-state index in [-0.39, 0.29) is 0 Å². The lowest BCUT2D eigenvalue weighted by molar-refractivity contribution is 0.235. The standard InChI is InChI=1S/C14H21NO2S/c1-5-15-11-6-9(2)12(17-4)8-13(11)18-14(15)7-10(3)16/h7-10,16H,5-6H2,1-4H3/b14-7-. The number of methoxy groups -OCH3 is 1. The first-order valence-electron chi connectivity index (χ1n) is 6.40. The lowest BCUT2D eigenvalue weighted by atomic mass is 9.97. The Morgan fingerprint density at radius 1 is 1.67 bits per heavy atom. The second-order valence-electron chi connectivity index (χ2n) is 4.76. The summed E-state index contributed by atoms with van der Waals surface area (Å²) in [4.78, 5) is 3.56. The van der Waals surface area contributed by atoms with Crippen LogP contribution in [-0.4, -0.2) is 29.8 Å². The van der Waals surface area contributed by atoms with Gasteiger partial charge in [0, 0.05) is 23.1 Å². The van der Waals surface area contributed by atoms with Gasteiger partial charge in [-0.2, -0.15) is 0 Å². The zero-order valence-corrected chi connectivity index (χ0v) is 12.3. The SMILES string of the molecule is CCN1C2=C(C=C(OC)C(C)C2)S/C1=C\C(C)O. The van der Waals surface area contributed by atoms with Crippen LogP contribution in [0.5, 0.6) is 0 Å². The molecule has 1 aliphatic heterocycles. The van der Waals surface area contributed by atoms with Crippen molar-refractivity contribution in [2.75, 3.05) is 13.7 Å². The van der Waals surface area contributed by atoms with Crippen LogP contribution >= 0.6 is 11.8 Å². The molecule has 1 heterocycles. The lowest BCUT2D eigenvalue weighted by Crippen LogP contribution is -2.21. The minimum atomic E-state index is -0.411. The van der Waals surface area contributed by atoms with E-state index >= 15 is 0 Å². The first-order chi connectivity index (χ1) is 8.56. The van der Waals surface area contributed by atoms with Gasteiger partial charge in [-0.3, -0.25) is 0 Å². The summed E-state index contributed by atoms with van der Waals surface area (Å²) in [6.07, 6.45) is 4.65. The van der Waals surface area contributed by atoms with Gasteiger partial charge in [0.2, 0.25) is 0 Å². The highest BCUT2D eigenvalue weighted by Crippen LogP contribution is 2.47. The molecule has 2 rings (SSSR count). The van der Waals surface area contributed by atoms with Gasteiger partial charge in [-0.05, 0) is 32.4 Å². The number of aliphatic hydroxyl groups excluding tert-OH is 1. The van der Waals surface area contributed by atoms with Crippen molar-refractivity contribution in [1.82, 2.24) is 4.90 Å². The summed E-state index contributed by atoms with van der Waals surface area (Å²) in [5.41, 5.74) is 1.36. The number of rotatable bonds is 3. The molecule has 18 heavy (non-hydrogen) atoms. The van der Waals surface area contributed by atoms with Gasteiger partial charge in [-0.25, -0.2) is 0 Å². The van der Waals surface area contributed by atoms with E-state index in [2.05, 4.69) is 24.8 Å². The molecule has 0 radical (unpaired) electrons. The van der Waals surface area contributed by atoms with Crippen LogP contribution in [0.25, 0.3) is 0 Å². The molecule has 0 saturated heterocycles. The molecular weight excluding hydrogens is 246 g/mol. The quantitative estimate of drug-likeness (QED) is 0.852. The normalized spacial score (nSPS) is 27.4. The molecule has 2 unspecified atom stereocenters. The Labute approximate surface area is 113 Å². The Morgan fingerprint density at radius 2 is 2.39 bits per heavy atom. The van der Waals surface area contributed by atoms with Crippen molar-refractivity contribution in [3.63, 3.8) is 0 Å². The van der Waals surface area contributed by atoms with Crippen molar-refractivity contribution >= 4 is 11.8 Å². The lowest BCUT2D eigenvalue weighted by Gasteiger charge is -2.26. The molecule has 2 aliphatic rings. The molecule has 100 valence electrons. The van der Waals surface area contributed by atoms with Crippen molar-refractivity contribution < 1.29 is 9.84 Å². The van der Waals surface area contributed by atoms with E-state index in [1.807, 2.05) is 6.08 Å². The first kappa shape index (κ1) is 13.6. The number of thioether (sulfide) groups is 1. The molecule has 0 amide bonds. The highest BCUT2D eigenvalue weighted by molar-refractivity contribution is 8.07. The van der Waals surface area contributed by atoms with Gasteiger partial charge in [-0.15, -0.1) is 0 Å². The topological polar surface area (TPSA) is 32.7 Å². The monoisotopic (exact) mass is 267 g/mol. The molecule has 0 spiro atoms. The molecule has 3 nitrogen and oxygen atoms in total. The third-order valence-corrected chi connectivity index (χ3v) is 4.42. The van der Waals surface area contributed by atoms with Gasteiger partial charge >= 0.3 is 0 Å². The average molecular weight is 267 g/mol. The van der Waals surface area contributed by atoms with Crippen molar-refractivity contribution in [2.45, 2.75) is 33.3 Å². The Kier molecular flexibility index (Phi) is 4.07. The highest BCUT2D eigenvalue weighted by atomic mass is 32.2. The van der Waals surface area contributed by atoms with Gasteiger partial charge in [-0.1, -0.05) is 18.7 Å². The summed E-state index contributed by atoms with van der Waals surface area (Å²) in [5, 5.41) is 10.7. The fourth-order valence-corrected chi connectivity index (χ4v) is 3.74. The van der Waals surface area contributed by atoms with Crippen LogP contribution in [0.4, 0.5) is 0 Å². The summed E-state index contributed by atoms with van der Waals surface area (Å²) < 4.78 is 5.42. The maximum atomic E-state index is 9.53. The minimum absolute atomic E-state index is 0.411. The molecule has 0 aromatic heterocycles. The van der Waals surface area contributed by atoms with E-state index in [0.29, 0.717) is 5.92 Å². The van der Waals surface area contributed by atoms with Crippen LogP contribution in [0.15, 0.2) is 33.5 Å². The maximum Gasteiger partial charge on any atom is 0.0999 e. The molecular formula is C14H21NO2S. The molecule has 0 aromatic carbocycles. The van der Waals surface area contributed by atoms with Gasteiger partial charge in [0.05, 0.1) is 24.0 Å². The fourth-order valence-electron chi connectivity index (χ4n) is 2.42. The number of aliphatic hydroxyl groups is 1. The minimum Gasteiger partial charge on any atom is -0.501 e. The van der Waals surface area contributed by atoms with Crippen LogP contribution in [0.3, 0.4) is 0 Å². The number of hydrogen-bond acceptors (Lipinski definition) is 4. The van der Waals surface area contributed by atoms with Gasteiger partial charge in [0.1, 0.15) is 0 Å². The van der Waals surface area contributed by atoms with Crippen molar-refractivity contribution in [3.05, 3.63) is 33.5 Å². The maximum absolute atomic E-state index is 9.53. The first-order valence-corrected chi connectivity index (χ1v) is 7.22. The Balaban J connectivity index is 2.31. The van der Waals surface area contributed by atoms with E-state index in [9.17, 15) is 5.11 Å². The number of nitrogens with zero attached hydrogens (tertiary/aromatic N) is 1.